The molecule has 2 aromatic carbocycles. The van der Waals surface area contributed by atoms with Crippen molar-refractivity contribution in [1.29, 1.82) is 5.41 Å². The number of para-hydroxylation sites is 1. The average Bonchev–Trinajstić information content (AvgIpc) is 3.15. The molecule has 0 spiro atoms. The Morgan fingerprint density at radius 3 is 2.88 bits per heavy atom. The number of amidine groups is 1. The third-order valence-corrected chi connectivity index (χ3v) is 5.84. The molecule has 0 atom stereocenters. The van der Waals surface area contributed by atoms with E-state index in [0.29, 0.717) is 23.7 Å². The van der Waals surface area contributed by atoms with E-state index in [0.717, 1.165) is 26.0 Å². The smallest absolute Gasteiger partial charge is 0.135 e. The molecule has 0 aliphatic carbocycles. The summed E-state index contributed by atoms with van der Waals surface area (Å²) < 4.78 is 7.41. The van der Waals surface area contributed by atoms with Gasteiger partial charge in [0.25, 0.3) is 0 Å². The molecule has 1 aliphatic rings. The number of nitrogens with one attached hydrogen (secondary N) is 1. The highest BCUT2D eigenvalue weighted by Gasteiger charge is 2.31. The van der Waals surface area contributed by atoms with Crippen LogP contribution >= 0.6 is 27.3 Å². The topological polar surface area (TPSA) is 69.4 Å². The van der Waals surface area contributed by atoms with E-state index < -0.39 is 0 Å². The molecule has 3 aromatic rings. The molecular formula is C19H16BrN3O2S. The zero-order valence-electron chi connectivity index (χ0n) is 14.0. The number of hydrogen-bond donors (Lipinski definition) is 2. The quantitative estimate of drug-likeness (QED) is 0.622. The Morgan fingerprint density at radius 1 is 1.31 bits per heavy atom. The van der Waals surface area contributed by atoms with E-state index in [1.54, 1.807) is 7.11 Å². The number of aromatic nitrogens is 1. The lowest BCUT2D eigenvalue weighted by Crippen LogP contribution is -2.26. The number of methoxy groups -OCH3 is 1. The van der Waals surface area contributed by atoms with Crippen LogP contribution in [-0.2, 0) is 6.54 Å². The molecule has 26 heavy (non-hydrogen) atoms. The molecule has 132 valence electrons. The highest BCUT2D eigenvalue weighted by Crippen LogP contribution is 2.34. The predicted octanol–water partition coefficient (Wildman–Crippen LogP) is 4.83. The minimum absolute atomic E-state index is 0.183. The summed E-state index contributed by atoms with van der Waals surface area (Å²) in [6, 6.07) is 13.6. The zero-order chi connectivity index (χ0) is 18.3. The van der Waals surface area contributed by atoms with E-state index in [-0.39, 0.29) is 11.6 Å². The second kappa shape index (κ2) is 6.74. The SMILES string of the molecule is COc1ccc(Br)cc1CN1CC(O)=C(c2nc3ccccc3s2)C1=N. The molecule has 0 saturated carbocycles. The summed E-state index contributed by atoms with van der Waals surface area (Å²) in [6.45, 7) is 0.764. The maximum atomic E-state index is 10.5. The highest BCUT2D eigenvalue weighted by molar-refractivity contribution is 9.10. The predicted molar refractivity (Wildman–Crippen MR) is 108 cm³/mol. The van der Waals surface area contributed by atoms with Gasteiger partial charge in [-0.1, -0.05) is 28.1 Å². The molecule has 0 saturated heterocycles. The van der Waals surface area contributed by atoms with Crippen molar-refractivity contribution in [3.05, 3.63) is 63.3 Å². The van der Waals surface area contributed by atoms with E-state index in [2.05, 4.69) is 20.9 Å². The van der Waals surface area contributed by atoms with E-state index in [9.17, 15) is 5.11 Å². The second-order valence-corrected chi connectivity index (χ2v) is 7.92. The molecule has 5 nitrogen and oxygen atoms in total. The van der Waals surface area contributed by atoms with Gasteiger partial charge in [-0.2, -0.15) is 0 Å². The molecule has 0 bridgehead atoms. The van der Waals surface area contributed by atoms with Crippen LogP contribution in [0, 0.1) is 5.41 Å². The lowest BCUT2D eigenvalue weighted by Gasteiger charge is -2.20. The summed E-state index contributed by atoms with van der Waals surface area (Å²) >= 11 is 4.97. The summed E-state index contributed by atoms with van der Waals surface area (Å²) in [5.41, 5.74) is 2.35. The number of hydrogen-bond acceptors (Lipinski definition) is 5. The molecule has 0 radical (unpaired) electrons. The standard InChI is InChI=1S/C19H16BrN3O2S/c1-25-15-7-6-12(20)8-11(15)9-23-10-14(24)17(18(23)21)19-22-13-4-2-3-5-16(13)26-19/h2-8,21,24H,9-10H2,1H3. The van der Waals surface area contributed by atoms with Gasteiger partial charge in [-0.3, -0.25) is 5.41 Å². The maximum absolute atomic E-state index is 10.5. The summed E-state index contributed by atoms with van der Waals surface area (Å²) in [6.07, 6.45) is 0. The lowest BCUT2D eigenvalue weighted by molar-refractivity contribution is 0.341. The molecule has 1 aromatic heterocycles. The largest absolute Gasteiger partial charge is 0.510 e. The number of rotatable bonds is 4. The molecule has 7 heteroatoms. The fourth-order valence-electron chi connectivity index (χ4n) is 3.05. The van der Waals surface area contributed by atoms with Crippen molar-refractivity contribution in [2.75, 3.05) is 13.7 Å². The number of nitrogens with zero attached hydrogens (tertiary/aromatic N) is 2. The van der Waals surface area contributed by atoms with E-state index in [4.69, 9.17) is 10.1 Å². The number of ether oxygens (including phenoxy) is 1. The first-order valence-corrected chi connectivity index (χ1v) is 9.62. The summed E-state index contributed by atoms with van der Waals surface area (Å²) in [5, 5.41) is 19.7. The lowest BCUT2D eigenvalue weighted by atomic mass is 10.2. The van der Waals surface area contributed by atoms with Crippen LogP contribution in [0.2, 0.25) is 0 Å². The van der Waals surface area contributed by atoms with Gasteiger partial charge in [-0.15, -0.1) is 11.3 Å². The summed E-state index contributed by atoms with van der Waals surface area (Å²) in [7, 11) is 1.63. The molecule has 2 N–H and O–H groups in total. The molecule has 1 aliphatic heterocycles. The van der Waals surface area contributed by atoms with E-state index >= 15 is 0 Å². The second-order valence-electron chi connectivity index (χ2n) is 5.97. The van der Waals surface area contributed by atoms with Crippen LogP contribution in [0.25, 0.3) is 15.8 Å². The first-order valence-electron chi connectivity index (χ1n) is 8.01. The Balaban J connectivity index is 1.63. The van der Waals surface area contributed by atoms with Gasteiger partial charge in [0.05, 0.1) is 29.4 Å². The van der Waals surface area contributed by atoms with Crippen LogP contribution in [0.1, 0.15) is 10.6 Å². The Bertz CT molecular complexity index is 1010. The van der Waals surface area contributed by atoms with Gasteiger partial charge < -0.3 is 14.7 Å². The normalized spacial score (nSPS) is 14.5. The minimum atomic E-state index is 0.183. The molecule has 0 amide bonds. The van der Waals surface area contributed by atoms with Gasteiger partial charge in [0.2, 0.25) is 0 Å². The van der Waals surface area contributed by atoms with Crippen LogP contribution in [0.4, 0.5) is 0 Å². The number of halogens is 1. The average molecular weight is 430 g/mol. The van der Waals surface area contributed by atoms with Crippen molar-refractivity contribution in [2.45, 2.75) is 6.54 Å². The van der Waals surface area contributed by atoms with Crippen molar-refractivity contribution in [2.24, 2.45) is 0 Å². The molecular weight excluding hydrogens is 414 g/mol. The number of fused-ring (bicyclic) bond motifs is 1. The zero-order valence-corrected chi connectivity index (χ0v) is 16.4. The van der Waals surface area contributed by atoms with Crippen LogP contribution in [0.3, 0.4) is 0 Å². The van der Waals surface area contributed by atoms with Gasteiger partial charge in [0.1, 0.15) is 22.4 Å². The number of aliphatic hydroxyl groups excluding tert-OH is 1. The highest BCUT2D eigenvalue weighted by atomic mass is 79.9. The number of benzene rings is 2. The van der Waals surface area contributed by atoms with Crippen molar-refractivity contribution < 1.29 is 9.84 Å². The molecule has 0 fully saturated rings. The van der Waals surface area contributed by atoms with Gasteiger partial charge in [0, 0.05) is 16.6 Å². The summed E-state index contributed by atoms with van der Waals surface area (Å²) in [5.74, 6) is 1.22. The van der Waals surface area contributed by atoms with Gasteiger partial charge in [0.15, 0.2) is 0 Å². The van der Waals surface area contributed by atoms with Crippen LogP contribution < -0.4 is 4.74 Å². The third kappa shape index (κ3) is 2.97. The molecule has 2 heterocycles. The van der Waals surface area contributed by atoms with Gasteiger partial charge >= 0.3 is 0 Å². The Morgan fingerprint density at radius 2 is 2.12 bits per heavy atom. The van der Waals surface area contributed by atoms with Crippen LogP contribution in [-0.4, -0.2) is 34.5 Å². The van der Waals surface area contributed by atoms with Gasteiger partial charge in [-0.05, 0) is 30.3 Å². The fraction of sp³-hybridized carbons (Fsp3) is 0.158. The Hall–Kier alpha value is -2.38. The minimum Gasteiger partial charge on any atom is -0.510 e. The maximum Gasteiger partial charge on any atom is 0.135 e. The third-order valence-electron chi connectivity index (χ3n) is 4.29. The van der Waals surface area contributed by atoms with Crippen LogP contribution in [0.15, 0.2) is 52.7 Å². The van der Waals surface area contributed by atoms with Crippen molar-refractivity contribution in [1.82, 2.24) is 9.88 Å². The Labute approximate surface area is 163 Å². The first kappa shape index (κ1) is 17.1. The van der Waals surface area contributed by atoms with Crippen molar-refractivity contribution in [3.8, 4) is 5.75 Å². The first-order chi connectivity index (χ1) is 12.6. The van der Waals surface area contributed by atoms with Crippen molar-refractivity contribution in [3.63, 3.8) is 0 Å². The molecule has 4 rings (SSSR count). The van der Waals surface area contributed by atoms with Crippen molar-refractivity contribution >= 4 is 48.9 Å². The number of aliphatic hydroxyl groups is 1. The van der Waals surface area contributed by atoms with Gasteiger partial charge in [-0.25, -0.2) is 4.98 Å². The van der Waals surface area contributed by atoms with E-state index in [1.807, 2.05) is 47.4 Å². The monoisotopic (exact) mass is 429 g/mol. The number of thiazole rings is 1. The molecule has 0 unspecified atom stereocenters. The summed E-state index contributed by atoms with van der Waals surface area (Å²) in [4.78, 5) is 6.41. The Kier molecular flexibility index (Phi) is 4.42. The fourth-order valence-corrected chi connectivity index (χ4v) is 4.49. The van der Waals surface area contributed by atoms with E-state index in [1.165, 1.54) is 11.3 Å². The van der Waals surface area contributed by atoms with Crippen LogP contribution in [0.5, 0.6) is 5.75 Å².